The monoisotopic (exact) mass is 311 g/mol. The molecule has 0 bridgehead atoms. The van der Waals surface area contributed by atoms with Crippen LogP contribution < -0.4 is 5.32 Å². The quantitative estimate of drug-likeness (QED) is 0.634. The predicted molar refractivity (Wildman–Crippen MR) is 104 cm³/mol. The topological polar surface area (TPSA) is 12.0 Å². The van der Waals surface area contributed by atoms with Crippen molar-refractivity contribution >= 4 is 22.0 Å². The molecule has 1 heteroatoms. The van der Waals surface area contributed by atoms with Crippen molar-refractivity contribution < 1.29 is 0 Å². The number of anilines is 1. The Balaban J connectivity index is 1.59. The van der Waals surface area contributed by atoms with Crippen LogP contribution in [0.15, 0.2) is 91.0 Å². The zero-order valence-electron chi connectivity index (χ0n) is 13.8. The summed E-state index contributed by atoms with van der Waals surface area (Å²) in [5.41, 5.74) is 3.79. The van der Waals surface area contributed by atoms with Crippen LogP contribution in [-0.4, -0.2) is 6.04 Å². The molecule has 1 aliphatic carbocycles. The molecule has 24 heavy (non-hydrogen) atoms. The summed E-state index contributed by atoms with van der Waals surface area (Å²) in [6, 6.07) is 25.9. The van der Waals surface area contributed by atoms with Gasteiger partial charge in [-0.2, -0.15) is 0 Å². The van der Waals surface area contributed by atoms with Crippen molar-refractivity contribution in [3.8, 4) is 0 Å². The van der Waals surface area contributed by atoms with Crippen LogP contribution in [0.2, 0.25) is 0 Å². The highest BCUT2D eigenvalue weighted by Gasteiger charge is 2.18. The van der Waals surface area contributed by atoms with Gasteiger partial charge in [0, 0.05) is 11.1 Å². The molecule has 3 aromatic rings. The van der Waals surface area contributed by atoms with Gasteiger partial charge >= 0.3 is 0 Å². The first-order valence-electron chi connectivity index (χ1n) is 8.51. The van der Waals surface area contributed by atoms with E-state index < -0.39 is 0 Å². The Bertz CT molecular complexity index is 900. The molecule has 0 radical (unpaired) electrons. The highest BCUT2D eigenvalue weighted by Crippen LogP contribution is 2.29. The van der Waals surface area contributed by atoms with E-state index in [2.05, 4.69) is 103 Å². The minimum atomic E-state index is 0.309. The van der Waals surface area contributed by atoms with Crippen LogP contribution >= 0.6 is 0 Å². The third-order valence-electron chi connectivity index (χ3n) is 4.71. The number of fused-ring (bicyclic) bond motifs is 1. The van der Waals surface area contributed by atoms with Crippen molar-refractivity contribution in [2.75, 3.05) is 5.32 Å². The number of allylic oxidation sites excluding steroid dienone is 2. The second kappa shape index (κ2) is 6.37. The Morgan fingerprint density at radius 1 is 0.792 bits per heavy atom. The molecule has 0 heterocycles. The molecule has 1 N–H and O–H groups in total. The Labute approximate surface area is 143 Å². The van der Waals surface area contributed by atoms with Gasteiger partial charge in [0.15, 0.2) is 0 Å². The maximum absolute atomic E-state index is 3.71. The summed E-state index contributed by atoms with van der Waals surface area (Å²) in [4.78, 5) is 0. The van der Waals surface area contributed by atoms with Crippen molar-refractivity contribution in [2.24, 2.45) is 5.92 Å². The van der Waals surface area contributed by atoms with Gasteiger partial charge in [-0.25, -0.2) is 0 Å². The summed E-state index contributed by atoms with van der Waals surface area (Å²) >= 11 is 0. The van der Waals surface area contributed by atoms with Gasteiger partial charge in [0.1, 0.15) is 0 Å². The molecule has 0 spiro atoms. The molecule has 0 fully saturated rings. The fourth-order valence-electron chi connectivity index (χ4n) is 3.36. The van der Waals surface area contributed by atoms with Gasteiger partial charge in [-0.05, 0) is 28.5 Å². The maximum Gasteiger partial charge on any atom is 0.0508 e. The summed E-state index contributed by atoms with van der Waals surface area (Å²) in [5.74, 6) is 0.434. The summed E-state index contributed by atoms with van der Waals surface area (Å²) < 4.78 is 0. The molecule has 1 nitrogen and oxygen atoms in total. The zero-order valence-corrected chi connectivity index (χ0v) is 13.8. The van der Waals surface area contributed by atoms with Crippen LogP contribution in [0.3, 0.4) is 0 Å². The van der Waals surface area contributed by atoms with E-state index in [1.807, 2.05) is 0 Å². The number of rotatable bonds is 3. The van der Waals surface area contributed by atoms with Gasteiger partial charge in [0.2, 0.25) is 0 Å². The third kappa shape index (κ3) is 2.85. The van der Waals surface area contributed by atoms with E-state index in [9.17, 15) is 0 Å². The highest BCUT2D eigenvalue weighted by atomic mass is 14.9. The summed E-state index contributed by atoms with van der Waals surface area (Å²) in [7, 11) is 0. The average Bonchev–Trinajstić information content (AvgIpc) is 2.64. The first-order chi connectivity index (χ1) is 11.8. The maximum atomic E-state index is 3.71. The fraction of sp³-hybridized carbons (Fsp3) is 0.130. The largest absolute Gasteiger partial charge is 0.378 e. The molecule has 0 aliphatic heterocycles. The molecule has 2 unspecified atom stereocenters. The van der Waals surface area contributed by atoms with E-state index in [1.165, 1.54) is 27.6 Å². The van der Waals surface area contributed by atoms with Crippen LogP contribution in [0.4, 0.5) is 5.69 Å². The van der Waals surface area contributed by atoms with Crippen molar-refractivity contribution in [3.63, 3.8) is 0 Å². The Morgan fingerprint density at radius 3 is 2.38 bits per heavy atom. The van der Waals surface area contributed by atoms with Gasteiger partial charge < -0.3 is 5.32 Å². The minimum Gasteiger partial charge on any atom is -0.378 e. The van der Waals surface area contributed by atoms with Crippen molar-refractivity contribution in [3.05, 3.63) is 96.6 Å². The van der Waals surface area contributed by atoms with Crippen LogP contribution in [0.25, 0.3) is 16.3 Å². The van der Waals surface area contributed by atoms with Crippen LogP contribution in [-0.2, 0) is 0 Å². The molecule has 0 saturated heterocycles. The minimum absolute atomic E-state index is 0.309. The molecule has 1 aliphatic rings. The molecule has 0 saturated carbocycles. The molecule has 0 amide bonds. The lowest BCUT2D eigenvalue weighted by molar-refractivity contribution is 0.663. The Kier molecular flexibility index (Phi) is 3.92. The van der Waals surface area contributed by atoms with Gasteiger partial charge in [0.25, 0.3) is 0 Å². The van der Waals surface area contributed by atoms with Crippen molar-refractivity contribution in [1.29, 1.82) is 0 Å². The van der Waals surface area contributed by atoms with E-state index in [1.54, 1.807) is 0 Å². The Morgan fingerprint density at radius 2 is 1.54 bits per heavy atom. The first kappa shape index (κ1) is 14.8. The van der Waals surface area contributed by atoms with E-state index in [0.29, 0.717) is 12.0 Å². The molecule has 118 valence electrons. The number of nitrogens with one attached hydrogen (secondary N) is 1. The molecule has 4 rings (SSSR count). The van der Waals surface area contributed by atoms with Gasteiger partial charge in [-0.3, -0.25) is 0 Å². The highest BCUT2D eigenvalue weighted by molar-refractivity contribution is 5.94. The SMILES string of the molecule is CC1C=C(c2ccccc2)C=CC1Nc1cccc2ccccc12. The number of hydrogen-bond donors (Lipinski definition) is 1. The predicted octanol–water partition coefficient (Wildman–Crippen LogP) is 5.91. The lowest BCUT2D eigenvalue weighted by Crippen LogP contribution is -2.26. The van der Waals surface area contributed by atoms with Gasteiger partial charge in [-0.1, -0.05) is 91.9 Å². The van der Waals surface area contributed by atoms with Gasteiger partial charge in [-0.15, -0.1) is 0 Å². The standard InChI is InChI=1S/C23H21N/c1-17-16-20(18-8-3-2-4-9-18)14-15-22(17)24-23-13-7-11-19-10-5-6-12-21(19)23/h2-17,22,24H,1H3. The van der Waals surface area contributed by atoms with E-state index in [-0.39, 0.29) is 0 Å². The van der Waals surface area contributed by atoms with E-state index in [0.717, 1.165) is 0 Å². The van der Waals surface area contributed by atoms with Crippen LogP contribution in [0, 0.1) is 5.92 Å². The second-order valence-corrected chi connectivity index (χ2v) is 6.40. The van der Waals surface area contributed by atoms with E-state index in [4.69, 9.17) is 0 Å². The lowest BCUT2D eigenvalue weighted by Gasteiger charge is -2.26. The average molecular weight is 311 g/mol. The lowest BCUT2D eigenvalue weighted by atomic mass is 9.89. The molecule has 0 aromatic heterocycles. The van der Waals surface area contributed by atoms with Gasteiger partial charge in [0.05, 0.1) is 6.04 Å². The normalized spacial score (nSPS) is 20.0. The summed E-state index contributed by atoms with van der Waals surface area (Å²) in [6.07, 6.45) is 6.88. The Hall–Kier alpha value is -2.80. The number of hydrogen-bond acceptors (Lipinski definition) is 1. The zero-order chi connectivity index (χ0) is 16.4. The number of benzene rings is 3. The van der Waals surface area contributed by atoms with Crippen molar-refractivity contribution in [1.82, 2.24) is 0 Å². The smallest absolute Gasteiger partial charge is 0.0508 e. The first-order valence-corrected chi connectivity index (χ1v) is 8.51. The van der Waals surface area contributed by atoms with Crippen LogP contribution in [0.5, 0.6) is 0 Å². The second-order valence-electron chi connectivity index (χ2n) is 6.40. The van der Waals surface area contributed by atoms with E-state index >= 15 is 0 Å². The molecule has 3 aromatic carbocycles. The third-order valence-corrected chi connectivity index (χ3v) is 4.71. The molecule has 2 atom stereocenters. The van der Waals surface area contributed by atoms with Crippen molar-refractivity contribution in [2.45, 2.75) is 13.0 Å². The molecular formula is C23H21N. The summed E-state index contributed by atoms with van der Waals surface area (Å²) in [5, 5.41) is 6.26. The fourth-order valence-corrected chi connectivity index (χ4v) is 3.36. The molecular weight excluding hydrogens is 290 g/mol. The van der Waals surface area contributed by atoms with Crippen LogP contribution in [0.1, 0.15) is 12.5 Å². The summed E-state index contributed by atoms with van der Waals surface area (Å²) in [6.45, 7) is 2.27.